The summed E-state index contributed by atoms with van der Waals surface area (Å²) in [6, 6.07) is 0. The lowest BCUT2D eigenvalue weighted by molar-refractivity contribution is -0.175. The molecule has 126 valence electrons. The van der Waals surface area contributed by atoms with Gasteiger partial charge in [0.15, 0.2) is 0 Å². The molecule has 2 heterocycles. The van der Waals surface area contributed by atoms with Crippen molar-refractivity contribution in [3.63, 3.8) is 0 Å². The summed E-state index contributed by atoms with van der Waals surface area (Å²) in [5.41, 5.74) is 2.94. The summed E-state index contributed by atoms with van der Waals surface area (Å²) in [5, 5.41) is 20.4. The van der Waals surface area contributed by atoms with Crippen molar-refractivity contribution in [1.82, 2.24) is 0 Å². The van der Waals surface area contributed by atoms with Gasteiger partial charge in [-0.2, -0.15) is 0 Å². The van der Waals surface area contributed by atoms with Crippen molar-refractivity contribution in [3.8, 4) is 0 Å². The molecule has 0 aromatic carbocycles. The summed E-state index contributed by atoms with van der Waals surface area (Å²) in [5.74, 6) is 0. The smallest absolute Gasteiger partial charge is 0.106 e. The summed E-state index contributed by atoms with van der Waals surface area (Å²) in [4.78, 5) is 1.46. The molecule has 8 atom stereocenters. The number of halogens is 3. The monoisotopic (exact) mass is 458 g/mol. The Hall–Kier alpha value is 0.610. The van der Waals surface area contributed by atoms with Crippen molar-refractivity contribution >= 4 is 43.5 Å². The highest BCUT2D eigenvalue weighted by atomic mass is 79.9. The van der Waals surface area contributed by atoms with E-state index in [0.717, 1.165) is 0 Å². The van der Waals surface area contributed by atoms with Crippen LogP contribution in [0.25, 0.3) is 0 Å². The molecule has 2 bridgehead atoms. The van der Waals surface area contributed by atoms with Crippen LogP contribution in [-0.4, -0.2) is 57.0 Å². The van der Waals surface area contributed by atoms with E-state index in [4.69, 9.17) is 21.1 Å². The molecule has 0 aromatic heterocycles. The number of rotatable bonds is 1. The van der Waals surface area contributed by atoms with Gasteiger partial charge in [0.05, 0.1) is 35.9 Å². The predicted octanol–water partition coefficient (Wildman–Crippen LogP) is 2.87. The van der Waals surface area contributed by atoms with Gasteiger partial charge >= 0.3 is 0 Å². The van der Waals surface area contributed by atoms with Crippen molar-refractivity contribution < 1.29 is 19.7 Å². The quantitative estimate of drug-likeness (QED) is 0.467. The molecular weight excluding hydrogens is 439 g/mol. The average molecular weight is 461 g/mol. The van der Waals surface area contributed by atoms with Crippen LogP contribution in [0.5, 0.6) is 0 Å². The third kappa shape index (κ3) is 4.81. The third-order valence-electron chi connectivity index (χ3n) is 4.16. The number of hydrogen-bond acceptors (Lipinski definition) is 4. The molecule has 2 saturated heterocycles. The second-order valence-corrected chi connectivity index (χ2v) is 8.03. The third-order valence-corrected chi connectivity index (χ3v) is 5.86. The predicted molar refractivity (Wildman–Crippen MR) is 92.8 cm³/mol. The van der Waals surface area contributed by atoms with Crippen LogP contribution in [0.2, 0.25) is 0 Å². The van der Waals surface area contributed by atoms with Crippen LogP contribution in [0.15, 0.2) is 16.8 Å². The Morgan fingerprint density at radius 2 is 1.91 bits per heavy atom. The van der Waals surface area contributed by atoms with Gasteiger partial charge in [0.1, 0.15) is 6.10 Å². The minimum Gasteiger partial charge on any atom is -0.392 e. The van der Waals surface area contributed by atoms with Crippen LogP contribution in [-0.2, 0) is 9.47 Å². The largest absolute Gasteiger partial charge is 0.392 e. The Morgan fingerprint density at radius 1 is 1.18 bits per heavy atom. The van der Waals surface area contributed by atoms with Gasteiger partial charge in [0.25, 0.3) is 0 Å². The van der Waals surface area contributed by atoms with E-state index in [9.17, 15) is 10.2 Å². The fraction of sp³-hybridized carbons (Fsp3) is 0.800. The van der Waals surface area contributed by atoms with Crippen LogP contribution in [0.1, 0.15) is 26.2 Å². The fourth-order valence-corrected chi connectivity index (χ4v) is 3.97. The van der Waals surface area contributed by atoms with Crippen molar-refractivity contribution in [2.75, 3.05) is 0 Å². The minimum absolute atomic E-state index is 0.159. The normalized spacial score (nSPS) is 46.5. The van der Waals surface area contributed by atoms with Crippen molar-refractivity contribution in [2.24, 2.45) is 0 Å². The molecule has 0 aliphatic carbocycles. The number of aliphatic hydroxyl groups excluding tert-OH is 2. The van der Waals surface area contributed by atoms with Gasteiger partial charge < -0.3 is 19.7 Å². The Balaban J connectivity index is 2.24. The zero-order chi connectivity index (χ0) is 16.3. The summed E-state index contributed by atoms with van der Waals surface area (Å²) in [6.07, 6.45) is 0.624. The van der Waals surface area contributed by atoms with Gasteiger partial charge in [0.2, 0.25) is 0 Å². The highest BCUT2D eigenvalue weighted by Crippen LogP contribution is 2.33. The van der Waals surface area contributed by atoms with E-state index in [1.54, 1.807) is 11.1 Å². The molecular formula is C15H21Br2ClO4. The summed E-state index contributed by atoms with van der Waals surface area (Å²) >= 11 is 13.1. The maximum Gasteiger partial charge on any atom is 0.106 e. The van der Waals surface area contributed by atoms with E-state index in [-0.39, 0.29) is 28.5 Å². The zero-order valence-electron chi connectivity index (χ0n) is 12.2. The molecule has 2 aliphatic rings. The molecule has 0 spiro atoms. The Bertz CT molecular complexity index is 430. The lowest BCUT2D eigenvalue weighted by Gasteiger charge is -2.41. The van der Waals surface area contributed by atoms with Crippen molar-refractivity contribution in [1.29, 1.82) is 0 Å². The number of alkyl halides is 2. The zero-order valence-corrected chi connectivity index (χ0v) is 16.2. The first-order valence-corrected chi connectivity index (χ1v) is 9.65. The van der Waals surface area contributed by atoms with Gasteiger partial charge in [0, 0.05) is 16.2 Å². The Kier molecular flexibility index (Phi) is 7.43. The molecule has 2 rings (SSSR count). The van der Waals surface area contributed by atoms with E-state index in [1.165, 1.54) is 0 Å². The molecule has 2 aliphatic heterocycles. The van der Waals surface area contributed by atoms with Crippen LogP contribution in [0, 0.1) is 0 Å². The van der Waals surface area contributed by atoms with E-state index < -0.39 is 18.3 Å². The lowest BCUT2D eigenvalue weighted by Crippen LogP contribution is -2.51. The van der Waals surface area contributed by atoms with Gasteiger partial charge in [-0.3, -0.25) is 0 Å². The summed E-state index contributed by atoms with van der Waals surface area (Å²) < 4.78 is 12.0. The molecule has 0 aromatic rings. The molecule has 0 saturated carbocycles. The number of aliphatic hydroxyl groups is 2. The van der Waals surface area contributed by atoms with Gasteiger partial charge in [-0.25, -0.2) is 0 Å². The molecule has 0 radical (unpaired) electrons. The standard InChI is InChI=1S/C15H21Br2ClO4/c1-8-15(20)14-6-10(17)12(19)7-11(18)13(22-14)5-9(21-8)3-2-4-16/h3-4,8-15,19-20H,5-7H2,1H3/t2?,8-,9+,10-,11+,12+,13+,14+,15-/m1/s1. The van der Waals surface area contributed by atoms with E-state index in [0.29, 0.717) is 19.3 Å². The summed E-state index contributed by atoms with van der Waals surface area (Å²) in [6.45, 7) is 1.82. The van der Waals surface area contributed by atoms with Crippen LogP contribution in [0.4, 0.5) is 0 Å². The Morgan fingerprint density at radius 3 is 2.59 bits per heavy atom. The van der Waals surface area contributed by atoms with Gasteiger partial charge in [-0.1, -0.05) is 31.9 Å². The van der Waals surface area contributed by atoms with Crippen molar-refractivity contribution in [2.45, 2.75) is 73.0 Å². The van der Waals surface area contributed by atoms with E-state index in [2.05, 4.69) is 37.6 Å². The first kappa shape index (κ1) is 18.9. The fourth-order valence-electron chi connectivity index (χ4n) is 2.89. The van der Waals surface area contributed by atoms with Gasteiger partial charge in [-0.15, -0.1) is 17.3 Å². The number of ether oxygens (including phenoxy) is 2. The molecule has 4 nitrogen and oxygen atoms in total. The van der Waals surface area contributed by atoms with Crippen LogP contribution in [0.3, 0.4) is 0 Å². The number of hydrogen-bond donors (Lipinski definition) is 2. The first-order valence-electron chi connectivity index (χ1n) is 7.38. The van der Waals surface area contributed by atoms with E-state index in [1.807, 2.05) is 6.92 Å². The molecule has 22 heavy (non-hydrogen) atoms. The summed E-state index contributed by atoms with van der Waals surface area (Å²) in [7, 11) is 0. The molecule has 2 N–H and O–H groups in total. The van der Waals surface area contributed by atoms with Crippen LogP contribution < -0.4 is 0 Å². The SMILES string of the molecule is C[C@H]1O[C@@H](C=C=CBr)C[C@@H]2O[C@@H](C[C@@H](Br)[C@@H](O)C[C@@H]2Cl)[C@@H]1O. The molecule has 7 heteroatoms. The maximum atomic E-state index is 10.5. The second-order valence-electron chi connectivity index (χ2n) is 5.83. The molecule has 0 unspecified atom stereocenters. The highest BCUT2D eigenvalue weighted by Gasteiger charge is 2.41. The number of fused-ring (bicyclic) bond motifs is 2. The van der Waals surface area contributed by atoms with Crippen molar-refractivity contribution in [3.05, 3.63) is 16.8 Å². The topological polar surface area (TPSA) is 58.9 Å². The van der Waals surface area contributed by atoms with Gasteiger partial charge in [-0.05, 0) is 25.8 Å². The van der Waals surface area contributed by atoms with E-state index >= 15 is 0 Å². The van der Waals surface area contributed by atoms with Crippen LogP contribution >= 0.6 is 43.5 Å². The minimum atomic E-state index is -0.777. The Labute approximate surface area is 152 Å². The average Bonchev–Trinajstić information content (AvgIpc) is 2.47. The lowest BCUT2D eigenvalue weighted by atomic mass is 9.93. The first-order chi connectivity index (χ1) is 10.4. The second kappa shape index (κ2) is 8.63. The highest BCUT2D eigenvalue weighted by molar-refractivity contribution is 9.11. The maximum absolute atomic E-state index is 10.5. The molecule has 2 fully saturated rings. The molecule has 0 amide bonds.